The van der Waals surface area contributed by atoms with Gasteiger partial charge in [0.25, 0.3) is 0 Å². The molecule has 3 N–H and O–H groups in total. The van der Waals surface area contributed by atoms with Gasteiger partial charge in [-0.25, -0.2) is 0 Å². The van der Waals surface area contributed by atoms with Crippen LogP contribution in [0.4, 0.5) is 0 Å². The van der Waals surface area contributed by atoms with Crippen LogP contribution in [0.3, 0.4) is 0 Å². The molecule has 5 nitrogen and oxygen atoms in total. The van der Waals surface area contributed by atoms with Crippen molar-refractivity contribution in [3.63, 3.8) is 0 Å². The maximum absolute atomic E-state index is 10.0. The highest BCUT2D eigenvalue weighted by atomic mass is 28.4. The summed E-state index contributed by atoms with van der Waals surface area (Å²) < 4.78 is 5.97. The standard InChI is InChI=1S/C15H25NOSi.C7H6O.C5H13NO.2C2H6.CH4/c1-13(2)15(12-17-18(3,4)5)16-11-14-9-7-6-8-10-14;8-6-7-4-2-1-3-5-7;1-4(2)5(6)3-7;2*1-2;/h6-11,13,15H,12H2,1-5H3;1-6H;4-5,7H,3,6H2,1-2H3;2*1-2H3;1H4. The van der Waals surface area contributed by atoms with E-state index in [-0.39, 0.29) is 26.1 Å². The van der Waals surface area contributed by atoms with Gasteiger partial charge in [0.2, 0.25) is 0 Å². The number of nitrogens with two attached hydrogens (primary N) is 1. The first-order chi connectivity index (χ1) is 17.5. The Morgan fingerprint density at radius 2 is 1.26 bits per heavy atom. The number of carbonyl (C=O) groups excluding carboxylic acids is 1. The number of benzene rings is 2. The molecule has 0 radical (unpaired) electrons. The van der Waals surface area contributed by atoms with Gasteiger partial charge in [0.05, 0.1) is 19.3 Å². The summed E-state index contributed by atoms with van der Waals surface area (Å²) >= 11 is 0. The predicted octanol–water partition coefficient (Wildman–Crippen LogP) is 8.13. The molecule has 38 heavy (non-hydrogen) atoms. The number of aliphatic hydroxyl groups excluding tert-OH is 1. The summed E-state index contributed by atoms with van der Waals surface area (Å²) in [6.07, 6.45) is 2.79. The fraction of sp³-hybridized carbons (Fsp3) is 0.562. The van der Waals surface area contributed by atoms with Crippen molar-refractivity contribution in [1.82, 2.24) is 0 Å². The molecule has 6 heteroatoms. The van der Waals surface area contributed by atoms with E-state index in [1.54, 1.807) is 12.1 Å². The van der Waals surface area contributed by atoms with Gasteiger partial charge in [-0.2, -0.15) is 0 Å². The lowest BCUT2D eigenvalue weighted by molar-refractivity contribution is 0.112. The average molecular weight is 549 g/mol. The fourth-order valence-corrected chi connectivity index (χ4v) is 2.88. The molecule has 2 atom stereocenters. The summed E-state index contributed by atoms with van der Waals surface area (Å²) in [6, 6.07) is 19.5. The van der Waals surface area contributed by atoms with Gasteiger partial charge in [0.15, 0.2) is 8.32 Å². The van der Waals surface area contributed by atoms with Crippen LogP contribution in [0, 0.1) is 11.8 Å². The molecule has 0 aromatic heterocycles. The van der Waals surface area contributed by atoms with Gasteiger partial charge in [-0.1, -0.05) is 123 Å². The zero-order valence-electron chi connectivity index (χ0n) is 25.4. The van der Waals surface area contributed by atoms with Crippen LogP contribution in [0.1, 0.15) is 78.7 Å². The van der Waals surface area contributed by atoms with Crippen molar-refractivity contribution in [2.24, 2.45) is 22.6 Å². The zero-order valence-corrected chi connectivity index (χ0v) is 26.4. The number of nitrogens with zero attached hydrogens (tertiary/aromatic N) is 1. The molecule has 0 saturated carbocycles. The molecular weight excluding hydrogens is 488 g/mol. The summed E-state index contributed by atoms with van der Waals surface area (Å²) in [5.41, 5.74) is 7.24. The second-order valence-corrected chi connectivity index (χ2v) is 14.1. The number of hydrogen-bond acceptors (Lipinski definition) is 5. The van der Waals surface area contributed by atoms with Crippen LogP contribution >= 0.6 is 0 Å². The Morgan fingerprint density at radius 1 is 0.842 bits per heavy atom. The highest BCUT2D eigenvalue weighted by Crippen LogP contribution is 2.11. The smallest absolute Gasteiger partial charge is 0.183 e. The Balaban J connectivity index is -0.000000241. The highest BCUT2D eigenvalue weighted by Gasteiger charge is 2.19. The summed E-state index contributed by atoms with van der Waals surface area (Å²) in [5, 5.41) is 8.38. The molecule has 2 aromatic carbocycles. The summed E-state index contributed by atoms with van der Waals surface area (Å²) in [7, 11) is -1.45. The Labute approximate surface area is 237 Å². The van der Waals surface area contributed by atoms with E-state index in [1.165, 1.54) is 0 Å². The second kappa shape index (κ2) is 27.9. The first-order valence-corrected chi connectivity index (χ1v) is 17.0. The second-order valence-electron chi connectivity index (χ2n) is 9.54. The monoisotopic (exact) mass is 548 g/mol. The molecule has 220 valence electrons. The van der Waals surface area contributed by atoms with Crippen LogP contribution < -0.4 is 5.73 Å². The molecule has 0 saturated heterocycles. The molecule has 0 spiro atoms. The number of hydrogen-bond donors (Lipinski definition) is 2. The quantitative estimate of drug-likeness (QED) is 0.188. The number of aliphatic hydroxyl groups is 1. The maximum atomic E-state index is 10.0. The Morgan fingerprint density at radius 3 is 1.53 bits per heavy atom. The SMILES string of the molecule is C.CC.CC.CC(C)C(CO[Si](C)(C)C)N=Cc1ccccc1.CC(C)C(N)CO.O=Cc1ccccc1. The summed E-state index contributed by atoms with van der Waals surface area (Å²) in [5.74, 6) is 0.895. The zero-order chi connectivity index (χ0) is 29.3. The molecule has 0 aliphatic carbocycles. The fourth-order valence-electron chi connectivity index (χ4n) is 2.21. The van der Waals surface area contributed by atoms with Gasteiger partial charge in [-0.3, -0.25) is 9.79 Å². The molecule has 0 fully saturated rings. The van der Waals surface area contributed by atoms with Crippen molar-refractivity contribution >= 4 is 20.8 Å². The van der Waals surface area contributed by atoms with Gasteiger partial charge in [0, 0.05) is 17.8 Å². The topological polar surface area (TPSA) is 84.9 Å². The van der Waals surface area contributed by atoms with Crippen LogP contribution in [0.2, 0.25) is 19.6 Å². The van der Waals surface area contributed by atoms with E-state index in [0.29, 0.717) is 11.8 Å². The molecular formula is C32H60N2O3Si. The molecule has 0 aliphatic rings. The van der Waals surface area contributed by atoms with E-state index in [2.05, 4.69) is 50.6 Å². The van der Waals surface area contributed by atoms with Crippen molar-refractivity contribution in [2.75, 3.05) is 13.2 Å². The predicted molar refractivity (Wildman–Crippen MR) is 173 cm³/mol. The van der Waals surface area contributed by atoms with E-state index < -0.39 is 8.32 Å². The lowest BCUT2D eigenvalue weighted by Crippen LogP contribution is -2.31. The molecule has 0 amide bonds. The molecule has 2 rings (SSSR count). The van der Waals surface area contributed by atoms with Gasteiger partial charge in [0.1, 0.15) is 6.29 Å². The van der Waals surface area contributed by atoms with Crippen LogP contribution in [0.5, 0.6) is 0 Å². The highest BCUT2D eigenvalue weighted by molar-refractivity contribution is 6.69. The van der Waals surface area contributed by atoms with E-state index in [4.69, 9.17) is 15.3 Å². The third-order valence-corrected chi connectivity index (χ3v) is 5.71. The molecule has 0 heterocycles. The normalized spacial score (nSPS) is 11.7. The Bertz CT molecular complexity index is 761. The lowest BCUT2D eigenvalue weighted by atomic mass is 10.1. The number of aliphatic imine (C=N–C) groups is 1. The van der Waals surface area contributed by atoms with Crippen LogP contribution in [-0.4, -0.2) is 51.2 Å². The summed E-state index contributed by atoms with van der Waals surface area (Å²) in [6.45, 7) is 23.8. The first-order valence-electron chi connectivity index (χ1n) is 13.6. The van der Waals surface area contributed by atoms with Crippen molar-refractivity contribution < 1.29 is 14.3 Å². The number of rotatable bonds is 9. The molecule has 2 aromatic rings. The number of aldehydes is 1. The van der Waals surface area contributed by atoms with Crippen molar-refractivity contribution in [1.29, 1.82) is 0 Å². The van der Waals surface area contributed by atoms with Crippen LogP contribution in [0.15, 0.2) is 65.7 Å². The van der Waals surface area contributed by atoms with Crippen molar-refractivity contribution in [3.05, 3.63) is 71.8 Å². The minimum absolute atomic E-state index is 0. The van der Waals surface area contributed by atoms with Gasteiger partial charge < -0.3 is 15.3 Å². The molecule has 0 bridgehead atoms. The third kappa shape index (κ3) is 26.9. The van der Waals surface area contributed by atoms with Crippen LogP contribution in [0.25, 0.3) is 0 Å². The largest absolute Gasteiger partial charge is 0.415 e. The van der Waals surface area contributed by atoms with E-state index >= 15 is 0 Å². The minimum atomic E-state index is -1.45. The van der Waals surface area contributed by atoms with Crippen LogP contribution in [-0.2, 0) is 4.43 Å². The van der Waals surface area contributed by atoms with Gasteiger partial charge in [-0.15, -0.1) is 0 Å². The molecule has 0 aliphatic heterocycles. The van der Waals surface area contributed by atoms with Gasteiger partial charge >= 0.3 is 0 Å². The lowest BCUT2D eigenvalue weighted by Gasteiger charge is -2.23. The Kier molecular flexibility index (Phi) is 31.5. The van der Waals surface area contributed by atoms with E-state index in [0.717, 1.165) is 24.0 Å². The third-order valence-electron chi connectivity index (χ3n) is 4.67. The van der Waals surface area contributed by atoms with Crippen molar-refractivity contribution in [2.45, 2.75) is 94.5 Å². The van der Waals surface area contributed by atoms with Crippen molar-refractivity contribution in [3.8, 4) is 0 Å². The maximum Gasteiger partial charge on any atom is 0.183 e. The van der Waals surface area contributed by atoms with Gasteiger partial charge in [-0.05, 0) is 37.0 Å². The number of carbonyl (C=O) groups is 1. The average Bonchev–Trinajstić information content (AvgIpc) is 2.91. The van der Waals surface area contributed by atoms with E-state index in [9.17, 15) is 4.79 Å². The summed E-state index contributed by atoms with van der Waals surface area (Å²) in [4.78, 5) is 14.7. The van der Waals surface area contributed by atoms with E-state index in [1.807, 2.05) is 84.2 Å². The Hall–Kier alpha value is -2.12. The molecule has 2 unspecified atom stereocenters. The first kappa shape index (κ1) is 42.9. The minimum Gasteiger partial charge on any atom is -0.415 e.